The molecule has 0 atom stereocenters. The Kier molecular flexibility index (Phi) is 6.43. The van der Waals surface area contributed by atoms with Crippen LogP contribution in [0, 0.1) is 11.3 Å². The molecule has 0 fully saturated rings. The van der Waals surface area contributed by atoms with Gasteiger partial charge in [-0.2, -0.15) is 5.26 Å². The highest BCUT2D eigenvalue weighted by atomic mass is 16.4. The van der Waals surface area contributed by atoms with Gasteiger partial charge in [0.2, 0.25) is 0 Å². The van der Waals surface area contributed by atoms with E-state index in [0.717, 1.165) is 23.7 Å². The fourth-order valence-electron chi connectivity index (χ4n) is 3.21. The number of rotatable bonds is 8. The van der Waals surface area contributed by atoms with Gasteiger partial charge in [0.25, 0.3) is 5.91 Å². The average Bonchev–Trinajstić information content (AvgIpc) is 3.07. The molecule has 6 nitrogen and oxygen atoms in total. The number of para-hydroxylation sites is 1. The number of aryl methyl sites for hydroxylation is 1. The van der Waals surface area contributed by atoms with Gasteiger partial charge < -0.3 is 15.0 Å². The minimum atomic E-state index is -0.960. The van der Waals surface area contributed by atoms with E-state index in [9.17, 15) is 14.9 Å². The highest BCUT2D eigenvalue weighted by Gasteiger charge is 2.13. The van der Waals surface area contributed by atoms with Gasteiger partial charge in [0, 0.05) is 29.2 Å². The molecule has 0 saturated carbocycles. The summed E-state index contributed by atoms with van der Waals surface area (Å²) in [6, 6.07) is 19.2. The van der Waals surface area contributed by atoms with Crippen LogP contribution >= 0.6 is 0 Å². The third-order valence-electron chi connectivity index (χ3n) is 4.56. The van der Waals surface area contributed by atoms with Crippen LogP contribution in [0.25, 0.3) is 17.0 Å². The van der Waals surface area contributed by atoms with Gasteiger partial charge in [-0.05, 0) is 30.5 Å². The summed E-state index contributed by atoms with van der Waals surface area (Å²) in [5, 5.41) is 22.1. The molecular formula is C23H21N3O3. The first-order chi connectivity index (χ1) is 14.1. The van der Waals surface area contributed by atoms with Gasteiger partial charge in [0.1, 0.15) is 18.2 Å². The van der Waals surface area contributed by atoms with Crippen LogP contribution in [0.15, 0.2) is 66.4 Å². The number of amides is 1. The molecule has 146 valence electrons. The quantitative estimate of drug-likeness (QED) is 0.352. The fourth-order valence-corrected chi connectivity index (χ4v) is 3.21. The summed E-state index contributed by atoms with van der Waals surface area (Å²) >= 11 is 0. The molecule has 0 bridgehead atoms. The lowest BCUT2D eigenvalue weighted by Gasteiger charge is -2.04. The van der Waals surface area contributed by atoms with Crippen molar-refractivity contribution in [2.75, 3.05) is 6.54 Å². The van der Waals surface area contributed by atoms with Crippen molar-refractivity contribution in [3.63, 3.8) is 0 Å². The summed E-state index contributed by atoms with van der Waals surface area (Å²) in [6.45, 7) is 0.273. The summed E-state index contributed by atoms with van der Waals surface area (Å²) in [4.78, 5) is 23.5. The Morgan fingerprint density at radius 1 is 1.10 bits per heavy atom. The molecule has 29 heavy (non-hydrogen) atoms. The van der Waals surface area contributed by atoms with Crippen LogP contribution in [0.4, 0.5) is 0 Å². The highest BCUT2D eigenvalue weighted by Crippen LogP contribution is 2.23. The lowest BCUT2D eigenvalue weighted by molar-refractivity contribution is -0.137. The van der Waals surface area contributed by atoms with E-state index in [4.69, 9.17) is 5.11 Å². The molecule has 6 heteroatoms. The van der Waals surface area contributed by atoms with Crippen molar-refractivity contribution in [2.45, 2.75) is 19.4 Å². The third-order valence-corrected chi connectivity index (χ3v) is 4.56. The Balaban J connectivity index is 1.71. The number of carboxylic acids is 1. The van der Waals surface area contributed by atoms with Gasteiger partial charge in [-0.3, -0.25) is 9.59 Å². The second kappa shape index (κ2) is 9.38. The Hall–Kier alpha value is -3.85. The molecule has 0 aliphatic carbocycles. The molecule has 1 amide bonds. The van der Waals surface area contributed by atoms with Crippen molar-refractivity contribution in [3.8, 4) is 6.07 Å². The summed E-state index contributed by atoms with van der Waals surface area (Å²) in [6.07, 6.45) is 4.77. The predicted octanol–water partition coefficient (Wildman–Crippen LogP) is 3.38. The van der Waals surface area contributed by atoms with E-state index in [-0.39, 0.29) is 12.1 Å². The van der Waals surface area contributed by atoms with Gasteiger partial charge >= 0.3 is 5.97 Å². The predicted molar refractivity (Wildman–Crippen MR) is 111 cm³/mol. The van der Waals surface area contributed by atoms with E-state index in [1.807, 2.05) is 60.7 Å². The van der Waals surface area contributed by atoms with Gasteiger partial charge in [-0.25, -0.2) is 0 Å². The molecule has 2 N–H and O–H groups in total. The van der Waals surface area contributed by atoms with E-state index >= 15 is 0 Å². The maximum Gasteiger partial charge on any atom is 0.323 e. The normalized spacial score (nSPS) is 11.2. The van der Waals surface area contributed by atoms with Crippen molar-refractivity contribution in [1.29, 1.82) is 5.26 Å². The number of nitrogens with zero attached hydrogens (tertiary/aromatic N) is 2. The maximum absolute atomic E-state index is 12.4. The first-order valence-electron chi connectivity index (χ1n) is 9.32. The van der Waals surface area contributed by atoms with Crippen molar-refractivity contribution in [3.05, 3.63) is 77.5 Å². The Labute approximate surface area is 168 Å². The van der Waals surface area contributed by atoms with Crippen LogP contribution < -0.4 is 5.32 Å². The largest absolute Gasteiger partial charge is 0.480 e. The van der Waals surface area contributed by atoms with E-state index < -0.39 is 11.9 Å². The van der Waals surface area contributed by atoms with Gasteiger partial charge in [-0.1, -0.05) is 48.5 Å². The number of carbonyl (C=O) groups is 2. The molecule has 0 spiro atoms. The fraction of sp³-hybridized carbons (Fsp3) is 0.174. The minimum Gasteiger partial charge on any atom is -0.480 e. The van der Waals surface area contributed by atoms with E-state index in [0.29, 0.717) is 12.1 Å². The monoisotopic (exact) mass is 387 g/mol. The second-order valence-corrected chi connectivity index (χ2v) is 6.64. The SMILES string of the molecule is N#CC(=Cc1cn(CC(=O)O)c2ccccc12)C(=O)NCCCc1ccccc1. The number of nitrogens with one attached hydrogen (secondary N) is 1. The average molecular weight is 387 g/mol. The number of carboxylic acid groups (broad SMARTS) is 1. The van der Waals surface area contributed by atoms with Crippen LogP contribution in [-0.2, 0) is 22.6 Å². The molecule has 0 aliphatic heterocycles. The van der Waals surface area contributed by atoms with Gasteiger partial charge in [0.05, 0.1) is 0 Å². The molecular weight excluding hydrogens is 366 g/mol. The van der Waals surface area contributed by atoms with Crippen LogP contribution in [0.1, 0.15) is 17.5 Å². The first kappa shape index (κ1) is 19.9. The number of benzene rings is 2. The van der Waals surface area contributed by atoms with Crippen molar-refractivity contribution in [2.24, 2.45) is 0 Å². The summed E-state index contributed by atoms with van der Waals surface area (Å²) in [5.74, 6) is -1.39. The Bertz CT molecular complexity index is 1090. The number of carbonyl (C=O) groups excluding carboxylic acids is 1. The molecule has 0 radical (unpaired) electrons. The van der Waals surface area contributed by atoms with E-state index in [1.54, 1.807) is 10.8 Å². The topological polar surface area (TPSA) is 95.1 Å². The third kappa shape index (κ3) is 5.11. The Morgan fingerprint density at radius 2 is 1.83 bits per heavy atom. The van der Waals surface area contributed by atoms with Gasteiger partial charge in [0.15, 0.2) is 0 Å². The maximum atomic E-state index is 12.4. The zero-order valence-electron chi connectivity index (χ0n) is 15.8. The zero-order valence-corrected chi connectivity index (χ0v) is 15.8. The van der Waals surface area contributed by atoms with Crippen LogP contribution in [0.2, 0.25) is 0 Å². The molecule has 3 aromatic rings. The second-order valence-electron chi connectivity index (χ2n) is 6.64. The van der Waals surface area contributed by atoms with Crippen molar-refractivity contribution in [1.82, 2.24) is 9.88 Å². The highest BCUT2D eigenvalue weighted by molar-refractivity contribution is 6.04. The number of fused-ring (bicyclic) bond motifs is 1. The van der Waals surface area contributed by atoms with E-state index in [1.165, 1.54) is 11.6 Å². The molecule has 1 heterocycles. The number of hydrogen-bond donors (Lipinski definition) is 2. The van der Waals surface area contributed by atoms with Crippen LogP contribution in [0.5, 0.6) is 0 Å². The van der Waals surface area contributed by atoms with Crippen molar-refractivity contribution >= 4 is 28.9 Å². The van der Waals surface area contributed by atoms with Gasteiger partial charge in [-0.15, -0.1) is 0 Å². The molecule has 1 aromatic heterocycles. The van der Waals surface area contributed by atoms with E-state index in [2.05, 4.69) is 5.32 Å². The standard InChI is InChI=1S/C23H21N3O3/c24-14-18(23(29)25-12-6-9-17-7-2-1-3-8-17)13-19-15-26(16-22(27)28)21-11-5-4-10-20(19)21/h1-5,7-8,10-11,13,15H,6,9,12,16H2,(H,25,29)(H,27,28). The van der Waals surface area contributed by atoms with Crippen LogP contribution in [0.3, 0.4) is 0 Å². The number of aromatic nitrogens is 1. The summed E-state index contributed by atoms with van der Waals surface area (Å²) in [5.41, 5.74) is 2.56. The number of hydrogen-bond acceptors (Lipinski definition) is 3. The molecule has 3 rings (SSSR count). The summed E-state index contributed by atoms with van der Waals surface area (Å²) < 4.78 is 1.59. The minimum absolute atomic E-state index is 0.0112. The molecule has 0 saturated heterocycles. The lowest BCUT2D eigenvalue weighted by atomic mass is 10.1. The molecule has 2 aromatic carbocycles. The van der Waals surface area contributed by atoms with Crippen LogP contribution in [-0.4, -0.2) is 28.1 Å². The number of aliphatic carboxylic acids is 1. The lowest BCUT2D eigenvalue weighted by Crippen LogP contribution is -2.25. The molecule has 0 unspecified atom stereocenters. The smallest absolute Gasteiger partial charge is 0.323 e. The first-order valence-corrected chi connectivity index (χ1v) is 9.32. The zero-order chi connectivity index (χ0) is 20.6. The Morgan fingerprint density at radius 3 is 2.55 bits per heavy atom. The summed E-state index contributed by atoms with van der Waals surface area (Å²) in [7, 11) is 0. The van der Waals surface area contributed by atoms with Crippen molar-refractivity contribution < 1.29 is 14.7 Å². The molecule has 0 aliphatic rings. The number of nitriles is 1.